The van der Waals surface area contributed by atoms with Crippen molar-refractivity contribution < 1.29 is 4.74 Å². The van der Waals surface area contributed by atoms with E-state index < -0.39 is 0 Å². The minimum absolute atomic E-state index is 0.0698. The van der Waals surface area contributed by atoms with Crippen LogP contribution in [0.5, 0.6) is 5.75 Å². The van der Waals surface area contributed by atoms with Gasteiger partial charge in [-0.3, -0.25) is 0 Å². The lowest BCUT2D eigenvalue weighted by atomic mass is 10.1. The minimum atomic E-state index is -0.0698. The van der Waals surface area contributed by atoms with Gasteiger partial charge in [0.15, 0.2) is 0 Å². The zero-order chi connectivity index (χ0) is 14.7. The highest BCUT2D eigenvalue weighted by molar-refractivity contribution is 6.36. The molecule has 0 saturated heterocycles. The lowest BCUT2D eigenvalue weighted by Gasteiger charge is -2.12. The highest BCUT2D eigenvalue weighted by atomic mass is 35.5. The van der Waals surface area contributed by atoms with Crippen LogP contribution in [0, 0.1) is 0 Å². The third-order valence-corrected chi connectivity index (χ3v) is 3.92. The zero-order valence-electron chi connectivity index (χ0n) is 10.9. The van der Waals surface area contributed by atoms with Gasteiger partial charge in [0.2, 0.25) is 0 Å². The molecule has 0 radical (unpaired) electrons. The maximum absolute atomic E-state index is 6.17. The van der Waals surface area contributed by atoms with Gasteiger partial charge in [0, 0.05) is 21.7 Å². The van der Waals surface area contributed by atoms with Gasteiger partial charge < -0.3 is 10.5 Å². The van der Waals surface area contributed by atoms with E-state index in [1.165, 1.54) is 0 Å². The Morgan fingerprint density at radius 2 is 1.70 bits per heavy atom. The van der Waals surface area contributed by atoms with Crippen molar-refractivity contribution in [2.24, 2.45) is 5.73 Å². The second-order valence-corrected chi connectivity index (χ2v) is 5.69. The Bertz CT molecular complexity index is 594. The minimum Gasteiger partial charge on any atom is -0.487 e. The summed E-state index contributed by atoms with van der Waals surface area (Å²) in [5.74, 6) is 0.576. The van der Waals surface area contributed by atoms with E-state index in [0.717, 1.165) is 11.1 Å². The highest BCUT2D eigenvalue weighted by Gasteiger charge is 2.09. The van der Waals surface area contributed by atoms with E-state index in [-0.39, 0.29) is 12.6 Å². The van der Waals surface area contributed by atoms with Crippen molar-refractivity contribution in [2.75, 3.05) is 0 Å². The first-order valence-corrected chi connectivity index (χ1v) is 7.23. The van der Waals surface area contributed by atoms with E-state index in [9.17, 15) is 0 Å². The first-order chi connectivity index (χ1) is 9.49. The maximum Gasteiger partial charge on any atom is 0.138 e. The molecular formula is C15H14Cl3NO. The molecule has 20 heavy (non-hydrogen) atoms. The molecule has 0 amide bonds. The van der Waals surface area contributed by atoms with E-state index in [0.29, 0.717) is 20.8 Å². The molecule has 2 aromatic rings. The Labute approximate surface area is 133 Å². The Kier molecular flexibility index (Phi) is 5.17. The fourth-order valence-electron chi connectivity index (χ4n) is 1.74. The molecule has 106 valence electrons. The molecule has 0 aliphatic heterocycles. The maximum atomic E-state index is 6.17. The molecule has 0 aliphatic rings. The average molecular weight is 331 g/mol. The summed E-state index contributed by atoms with van der Waals surface area (Å²) in [6.45, 7) is 2.16. The standard InChI is InChI=1S/C15H14Cl3NO/c1-9(19)10-5-6-15(14(18)7-10)20-8-11-12(16)3-2-4-13(11)17/h2-7,9H,8,19H2,1H3/t9-/m0/s1. The lowest BCUT2D eigenvalue weighted by Crippen LogP contribution is -2.05. The molecule has 0 spiro atoms. The molecule has 0 unspecified atom stereocenters. The summed E-state index contributed by atoms with van der Waals surface area (Å²) in [6.07, 6.45) is 0. The van der Waals surface area contributed by atoms with Crippen LogP contribution < -0.4 is 10.5 Å². The predicted molar refractivity (Wildman–Crippen MR) is 84.8 cm³/mol. The molecule has 0 bridgehead atoms. The smallest absolute Gasteiger partial charge is 0.138 e. The number of halogens is 3. The van der Waals surface area contributed by atoms with Crippen LogP contribution >= 0.6 is 34.8 Å². The van der Waals surface area contributed by atoms with Gasteiger partial charge in [-0.1, -0.05) is 46.9 Å². The quantitative estimate of drug-likeness (QED) is 0.831. The number of rotatable bonds is 4. The van der Waals surface area contributed by atoms with Gasteiger partial charge in [-0.15, -0.1) is 0 Å². The van der Waals surface area contributed by atoms with Crippen molar-refractivity contribution in [1.29, 1.82) is 0 Å². The van der Waals surface area contributed by atoms with Crippen molar-refractivity contribution in [3.8, 4) is 5.75 Å². The van der Waals surface area contributed by atoms with Crippen LogP contribution in [0.1, 0.15) is 24.1 Å². The molecule has 0 heterocycles. The van der Waals surface area contributed by atoms with Crippen molar-refractivity contribution in [1.82, 2.24) is 0 Å². The van der Waals surface area contributed by atoms with Crippen LogP contribution in [-0.4, -0.2) is 0 Å². The van der Waals surface area contributed by atoms with Gasteiger partial charge in [0.1, 0.15) is 12.4 Å². The predicted octanol–water partition coefficient (Wildman–Crippen LogP) is 5.25. The molecule has 0 fully saturated rings. The molecule has 0 saturated carbocycles. The molecule has 1 atom stereocenters. The SMILES string of the molecule is C[C@H](N)c1ccc(OCc2c(Cl)cccc2Cl)c(Cl)c1. The summed E-state index contributed by atoms with van der Waals surface area (Å²) in [7, 11) is 0. The summed E-state index contributed by atoms with van der Waals surface area (Å²) in [4.78, 5) is 0. The van der Waals surface area contributed by atoms with Crippen LogP contribution in [0.2, 0.25) is 15.1 Å². The van der Waals surface area contributed by atoms with Crippen LogP contribution in [0.15, 0.2) is 36.4 Å². The van der Waals surface area contributed by atoms with Gasteiger partial charge in [-0.25, -0.2) is 0 Å². The Hall–Kier alpha value is -0.930. The van der Waals surface area contributed by atoms with Crippen molar-refractivity contribution in [3.05, 3.63) is 62.6 Å². The highest BCUT2D eigenvalue weighted by Crippen LogP contribution is 2.30. The Balaban J connectivity index is 2.15. The van der Waals surface area contributed by atoms with Crippen LogP contribution in [-0.2, 0) is 6.61 Å². The largest absolute Gasteiger partial charge is 0.487 e. The monoisotopic (exact) mass is 329 g/mol. The van der Waals surface area contributed by atoms with Gasteiger partial charge in [0.05, 0.1) is 5.02 Å². The molecule has 0 aliphatic carbocycles. The third kappa shape index (κ3) is 3.58. The van der Waals surface area contributed by atoms with E-state index in [1.54, 1.807) is 30.3 Å². The first kappa shape index (κ1) is 15.5. The van der Waals surface area contributed by atoms with Gasteiger partial charge in [-0.05, 0) is 36.8 Å². The van der Waals surface area contributed by atoms with Crippen molar-refractivity contribution >= 4 is 34.8 Å². The topological polar surface area (TPSA) is 35.2 Å². The first-order valence-electron chi connectivity index (χ1n) is 6.09. The molecular weight excluding hydrogens is 317 g/mol. The fraction of sp³-hybridized carbons (Fsp3) is 0.200. The van der Waals surface area contributed by atoms with Crippen LogP contribution in [0.4, 0.5) is 0 Å². The normalized spacial score (nSPS) is 12.2. The number of ether oxygens (including phenoxy) is 1. The summed E-state index contributed by atoms with van der Waals surface area (Å²) in [6, 6.07) is 10.7. The molecule has 2 N–H and O–H groups in total. The van der Waals surface area contributed by atoms with Crippen LogP contribution in [0.25, 0.3) is 0 Å². The summed E-state index contributed by atoms with van der Waals surface area (Å²) < 4.78 is 5.68. The average Bonchev–Trinajstić information content (AvgIpc) is 2.39. The zero-order valence-corrected chi connectivity index (χ0v) is 13.1. The number of nitrogens with two attached hydrogens (primary N) is 1. The molecule has 2 nitrogen and oxygen atoms in total. The van der Waals surface area contributed by atoms with E-state index in [4.69, 9.17) is 45.3 Å². The van der Waals surface area contributed by atoms with Gasteiger partial charge in [-0.2, -0.15) is 0 Å². The van der Waals surface area contributed by atoms with Gasteiger partial charge >= 0.3 is 0 Å². The van der Waals surface area contributed by atoms with Crippen LogP contribution in [0.3, 0.4) is 0 Å². The summed E-state index contributed by atoms with van der Waals surface area (Å²) in [5.41, 5.74) is 7.50. The van der Waals surface area contributed by atoms with E-state index >= 15 is 0 Å². The van der Waals surface area contributed by atoms with E-state index in [2.05, 4.69) is 0 Å². The summed E-state index contributed by atoms with van der Waals surface area (Å²) >= 11 is 18.3. The van der Waals surface area contributed by atoms with Crippen molar-refractivity contribution in [2.45, 2.75) is 19.6 Å². The Morgan fingerprint density at radius 3 is 2.25 bits per heavy atom. The fourth-order valence-corrected chi connectivity index (χ4v) is 2.49. The van der Waals surface area contributed by atoms with E-state index in [1.807, 2.05) is 13.0 Å². The second-order valence-electron chi connectivity index (χ2n) is 4.47. The third-order valence-electron chi connectivity index (χ3n) is 2.92. The number of benzene rings is 2. The van der Waals surface area contributed by atoms with Gasteiger partial charge in [0.25, 0.3) is 0 Å². The molecule has 0 aromatic heterocycles. The molecule has 2 rings (SSSR count). The summed E-state index contributed by atoms with van der Waals surface area (Å²) in [5, 5.41) is 1.66. The number of hydrogen-bond donors (Lipinski definition) is 1. The Morgan fingerprint density at radius 1 is 1.05 bits per heavy atom. The molecule has 5 heteroatoms. The molecule has 2 aromatic carbocycles. The van der Waals surface area contributed by atoms with Crippen molar-refractivity contribution in [3.63, 3.8) is 0 Å². The lowest BCUT2D eigenvalue weighted by molar-refractivity contribution is 0.306. The second kappa shape index (κ2) is 6.68. The number of hydrogen-bond acceptors (Lipinski definition) is 2.